The molecule has 4 heterocycles. The van der Waals surface area contributed by atoms with Gasteiger partial charge in [-0.25, -0.2) is 14.8 Å². The summed E-state index contributed by atoms with van der Waals surface area (Å²) in [6.45, 7) is 2.43. The van der Waals surface area contributed by atoms with Gasteiger partial charge in [0.15, 0.2) is 5.01 Å². The summed E-state index contributed by atoms with van der Waals surface area (Å²) < 4.78 is 4.85. The van der Waals surface area contributed by atoms with Crippen LogP contribution in [0.4, 0.5) is 0 Å². The number of carboxylic acids is 1. The Morgan fingerprint density at radius 3 is 2.72 bits per heavy atom. The van der Waals surface area contributed by atoms with Crippen LogP contribution in [0.2, 0.25) is 0 Å². The van der Waals surface area contributed by atoms with E-state index < -0.39 is 11.9 Å². The zero-order chi connectivity index (χ0) is 22.4. The van der Waals surface area contributed by atoms with Crippen LogP contribution in [0.3, 0.4) is 0 Å². The Morgan fingerprint density at radius 2 is 2.06 bits per heavy atom. The van der Waals surface area contributed by atoms with Crippen molar-refractivity contribution in [3.05, 3.63) is 75.6 Å². The van der Waals surface area contributed by atoms with Crippen LogP contribution in [-0.4, -0.2) is 36.1 Å². The molecule has 0 atom stereocenters. The number of fused-ring (bicyclic) bond motifs is 1. The summed E-state index contributed by atoms with van der Waals surface area (Å²) in [5.41, 5.74) is 10.9. The molecule has 0 aliphatic heterocycles. The van der Waals surface area contributed by atoms with Crippen molar-refractivity contribution in [3.63, 3.8) is 0 Å². The first kappa shape index (κ1) is 20.2. The zero-order valence-electron chi connectivity index (χ0n) is 16.8. The average molecular weight is 464 g/mol. The maximum Gasteiger partial charge on any atom is 0.345 e. The first-order chi connectivity index (χ1) is 15.4. The predicted molar refractivity (Wildman–Crippen MR) is 124 cm³/mol. The minimum Gasteiger partial charge on any atom is -0.477 e. The summed E-state index contributed by atoms with van der Waals surface area (Å²) in [6, 6.07) is 9.84. The van der Waals surface area contributed by atoms with E-state index >= 15 is 0 Å². The third kappa shape index (κ3) is 3.49. The molecule has 5 rings (SSSR count). The zero-order valence-corrected chi connectivity index (χ0v) is 18.5. The van der Waals surface area contributed by atoms with Crippen LogP contribution in [0, 0.1) is 6.92 Å². The second kappa shape index (κ2) is 7.74. The van der Waals surface area contributed by atoms with Crippen LogP contribution in [0.25, 0.3) is 27.2 Å². The fourth-order valence-electron chi connectivity index (χ4n) is 3.70. The van der Waals surface area contributed by atoms with E-state index in [2.05, 4.69) is 16.0 Å². The molecule has 1 aromatic carbocycles. The van der Waals surface area contributed by atoms with E-state index in [-0.39, 0.29) is 9.88 Å². The topological polar surface area (TPSA) is 116 Å². The lowest BCUT2D eigenvalue weighted by molar-refractivity contribution is 0.0702. The van der Waals surface area contributed by atoms with Crippen molar-refractivity contribution in [1.82, 2.24) is 19.1 Å². The van der Waals surface area contributed by atoms with E-state index in [4.69, 9.17) is 5.73 Å². The Bertz CT molecular complexity index is 1480. The van der Waals surface area contributed by atoms with Crippen molar-refractivity contribution >= 4 is 44.8 Å². The van der Waals surface area contributed by atoms with Gasteiger partial charge in [0.05, 0.1) is 34.5 Å². The number of carbonyl (C=O) groups excluding carboxylic acids is 1. The number of aromatic nitrogens is 4. The first-order valence-corrected chi connectivity index (χ1v) is 11.3. The molecule has 10 heteroatoms. The third-order valence-corrected chi connectivity index (χ3v) is 7.14. The van der Waals surface area contributed by atoms with E-state index in [1.165, 1.54) is 22.7 Å². The van der Waals surface area contributed by atoms with Gasteiger partial charge < -0.3 is 20.0 Å². The monoisotopic (exact) mass is 463 g/mol. The van der Waals surface area contributed by atoms with E-state index in [1.54, 1.807) is 24.0 Å². The van der Waals surface area contributed by atoms with Crippen LogP contribution in [0.1, 0.15) is 30.7 Å². The van der Waals surface area contributed by atoms with E-state index in [9.17, 15) is 14.7 Å². The molecular formula is C22H17N5O3S2. The lowest BCUT2D eigenvalue weighted by atomic mass is 10.0. The Labute approximate surface area is 190 Å². The van der Waals surface area contributed by atoms with Gasteiger partial charge >= 0.3 is 5.97 Å². The summed E-state index contributed by atoms with van der Waals surface area (Å²) in [5, 5.41) is 11.5. The smallest absolute Gasteiger partial charge is 0.345 e. The summed E-state index contributed by atoms with van der Waals surface area (Å²) in [4.78, 5) is 31.7. The molecule has 0 fully saturated rings. The first-order valence-electron chi connectivity index (χ1n) is 9.60. The van der Waals surface area contributed by atoms with Gasteiger partial charge in [0.1, 0.15) is 4.88 Å². The SMILES string of the molecule is Cc1cc(-n2ccnc2)ccc1-c1cc2sc(C(=O)O)cc2n1Cc1csc(C(N)=O)n1. The number of hydrogen-bond donors (Lipinski definition) is 2. The largest absolute Gasteiger partial charge is 0.477 e. The minimum absolute atomic E-state index is 0.252. The molecule has 8 nitrogen and oxygen atoms in total. The van der Waals surface area contributed by atoms with Gasteiger partial charge in [-0.1, -0.05) is 6.07 Å². The number of aromatic carboxylic acids is 1. The summed E-state index contributed by atoms with van der Waals surface area (Å²) in [5.74, 6) is -1.52. The normalized spacial score (nSPS) is 11.3. The van der Waals surface area contributed by atoms with Crippen LogP contribution in [-0.2, 0) is 6.54 Å². The fourth-order valence-corrected chi connectivity index (χ4v) is 5.30. The standard InChI is InChI=1S/C22H17N5O3S2/c1-12-6-14(26-5-4-24-11-26)2-3-15(12)16-7-18-17(8-19(32-18)22(29)30)27(16)9-13-10-31-21(25-13)20(23)28/h2-8,10-11H,9H2,1H3,(H2,23,28)(H,29,30). The maximum atomic E-state index is 11.5. The molecule has 0 unspecified atom stereocenters. The molecule has 32 heavy (non-hydrogen) atoms. The Hall–Kier alpha value is -3.76. The van der Waals surface area contributed by atoms with Gasteiger partial charge in [-0.05, 0) is 36.8 Å². The number of hydrogen-bond acceptors (Lipinski definition) is 6. The number of imidazole rings is 1. The molecule has 0 radical (unpaired) electrons. The minimum atomic E-state index is -0.954. The lowest BCUT2D eigenvalue weighted by Gasteiger charge is -2.13. The summed E-state index contributed by atoms with van der Waals surface area (Å²) in [7, 11) is 0. The molecule has 0 saturated heterocycles. The van der Waals surface area contributed by atoms with E-state index in [0.29, 0.717) is 12.2 Å². The molecule has 5 aromatic rings. The molecule has 0 aliphatic rings. The maximum absolute atomic E-state index is 11.5. The van der Waals surface area contributed by atoms with Crippen molar-refractivity contribution in [3.8, 4) is 16.9 Å². The third-order valence-electron chi connectivity index (χ3n) is 5.17. The van der Waals surface area contributed by atoms with Gasteiger partial charge in [-0.15, -0.1) is 22.7 Å². The fraction of sp³-hybridized carbons (Fsp3) is 0.0909. The van der Waals surface area contributed by atoms with Gasteiger partial charge in [-0.2, -0.15) is 0 Å². The second-order valence-electron chi connectivity index (χ2n) is 7.26. The number of primary amides is 1. The Morgan fingerprint density at radius 1 is 1.22 bits per heavy atom. The van der Waals surface area contributed by atoms with Crippen LogP contribution >= 0.6 is 22.7 Å². The summed E-state index contributed by atoms with van der Waals surface area (Å²) >= 11 is 2.44. The number of nitrogens with two attached hydrogens (primary N) is 1. The highest BCUT2D eigenvalue weighted by Gasteiger charge is 2.19. The molecule has 0 saturated carbocycles. The second-order valence-corrected chi connectivity index (χ2v) is 9.20. The molecule has 0 aliphatic carbocycles. The number of thiazole rings is 1. The van der Waals surface area contributed by atoms with Crippen LogP contribution in [0.15, 0.2) is 54.4 Å². The highest BCUT2D eigenvalue weighted by molar-refractivity contribution is 7.20. The number of aryl methyl sites for hydroxylation is 1. The molecule has 1 amide bonds. The van der Waals surface area contributed by atoms with Gasteiger partial charge in [0, 0.05) is 29.0 Å². The highest BCUT2D eigenvalue weighted by atomic mass is 32.1. The molecule has 160 valence electrons. The highest BCUT2D eigenvalue weighted by Crippen LogP contribution is 2.36. The number of carboxylic acid groups (broad SMARTS) is 1. The van der Waals surface area contributed by atoms with Crippen molar-refractivity contribution in [2.45, 2.75) is 13.5 Å². The van der Waals surface area contributed by atoms with Gasteiger partial charge in [0.2, 0.25) is 0 Å². The van der Waals surface area contributed by atoms with Gasteiger partial charge in [-0.3, -0.25) is 4.79 Å². The van der Waals surface area contributed by atoms with Crippen molar-refractivity contribution in [1.29, 1.82) is 0 Å². The number of thiophene rings is 1. The summed E-state index contributed by atoms with van der Waals surface area (Å²) in [6.07, 6.45) is 5.37. The number of carbonyl (C=O) groups is 2. The van der Waals surface area contributed by atoms with Crippen LogP contribution < -0.4 is 5.73 Å². The molecule has 0 bridgehead atoms. The number of benzene rings is 1. The molecule has 0 spiro atoms. The Balaban J connectivity index is 1.63. The van der Waals surface area contributed by atoms with E-state index in [0.717, 1.165) is 32.7 Å². The average Bonchev–Trinajstić information content (AvgIpc) is 3.54. The lowest BCUT2D eigenvalue weighted by Crippen LogP contribution is -2.11. The van der Waals surface area contributed by atoms with Crippen molar-refractivity contribution in [2.24, 2.45) is 5.73 Å². The van der Waals surface area contributed by atoms with Crippen molar-refractivity contribution < 1.29 is 14.7 Å². The number of rotatable bonds is 6. The molecule has 3 N–H and O–H groups in total. The molecule has 4 aromatic heterocycles. The quantitative estimate of drug-likeness (QED) is 0.392. The van der Waals surface area contributed by atoms with Gasteiger partial charge in [0.25, 0.3) is 5.91 Å². The van der Waals surface area contributed by atoms with Crippen LogP contribution in [0.5, 0.6) is 0 Å². The van der Waals surface area contributed by atoms with Crippen molar-refractivity contribution in [2.75, 3.05) is 0 Å². The number of nitrogens with zero attached hydrogens (tertiary/aromatic N) is 4. The predicted octanol–water partition coefficient (Wildman–Crippen LogP) is 4.17. The van der Waals surface area contributed by atoms with E-state index in [1.807, 2.05) is 40.5 Å². The molecular weight excluding hydrogens is 446 g/mol. The number of amides is 1. The Kier molecular flexibility index (Phi) is 4.87.